The van der Waals surface area contributed by atoms with Gasteiger partial charge in [0.2, 0.25) is 11.9 Å². The topological polar surface area (TPSA) is 157 Å². The van der Waals surface area contributed by atoms with Crippen molar-refractivity contribution in [3.05, 3.63) is 71.5 Å². The van der Waals surface area contributed by atoms with E-state index in [0.29, 0.717) is 50.7 Å². The molecule has 0 radical (unpaired) electrons. The van der Waals surface area contributed by atoms with Crippen molar-refractivity contribution in [3.63, 3.8) is 0 Å². The number of carbonyl (C=O) groups is 2. The number of methoxy groups -OCH3 is 1. The predicted molar refractivity (Wildman–Crippen MR) is 139 cm³/mol. The number of amides is 1. The van der Waals surface area contributed by atoms with Gasteiger partial charge in [-0.15, -0.1) is 0 Å². The van der Waals surface area contributed by atoms with E-state index in [1.807, 2.05) is 24.3 Å². The van der Waals surface area contributed by atoms with Gasteiger partial charge in [0.25, 0.3) is 0 Å². The molecule has 1 aliphatic rings. The highest BCUT2D eigenvalue weighted by atomic mass is 16.5. The fourth-order valence-electron chi connectivity index (χ4n) is 4.10. The predicted octanol–water partition coefficient (Wildman–Crippen LogP) is 2.48. The molecule has 1 fully saturated rings. The SMILES string of the molecule is COC(=O)C(Cc1ccc(C#N)cc1)Nc1ncnc(Nc2cccc(CN3CCN(C(=O)O)CC3)c2)n1. The van der Waals surface area contributed by atoms with Gasteiger partial charge in [0.05, 0.1) is 18.7 Å². The van der Waals surface area contributed by atoms with Gasteiger partial charge in [0.1, 0.15) is 12.4 Å². The third-order valence-corrected chi connectivity index (χ3v) is 6.12. The first-order valence-corrected chi connectivity index (χ1v) is 12.0. The summed E-state index contributed by atoms with van der Waals surface area (Å²) in [5, 5.41) is 24.3. The summed E-state index contributed by atoms with van der Waals surface area (Å²) < 4.78 is 4.94. The van der Waals surface area contributed by atoms with Crippen LogP contribution in [0.3, 0.4) is 0 Å². The lowest BCUT2D eigenvalue weighted by atomic mass is 10.0. The number of nitrogens with one attached hydrogen (secondary N) is 2. The first-order valence-electron chi connectivity index (χ1n) is 12.0. The number of hydrogen-bond donors (Lipinski definition) is 3. The number of nitrogens with zero attached hydrogens (tertiary/aromatic N) is 6. The number of esters is 1. The van der Waals surface area contributed by atoms with Gasteiger partial charge in [0, 0.05) is 44.8 Å². The minimum absolute atomic E-state index is 0.207. The molecule has 0 spiro atoms. The van der Waals surface area contributed by atoms with Crippen LogP contribution in [0.15, 0.2) is 54.9 Å². The Bertz CT molecular complexity index is 1300. The van der Waals surface area contributed by atoms with Crippen LogP contribution in [-0.2, 0) is 22.5 Å². The summed E-state index contributed by atoms with van der Waals surface area (Å²) in [6.45, 7) is 3.03. The summed E-state index contributed by atoms with van der Waals surface area (Å²) >= 11 is 0. The number of aromatic nitrogens is 3. The standard InChI is InChI=1S/C26H28N8O4/c1-38-23(35)22(14-18-5-7-19(15-27)8-6-18)31-25-29-17-28-24(32-25)30-21-4-2-3-20(13-21)16-33-9-11-34(12-10-33)26(36)37/h2-8,13,17,22H,9-12,14,16H2,1H3,(H,36,37)(H2,28,29,30,31,32). The monoisotopic (exact) mass is 516 g/mol. The molecule has 0 aliphatic carbocycles. The van der Waals surface area contributed by atoms with Crippen molar-refractivity contribution < 1.29 is 19.4 Å². The fraction of sp³-hybridized carbons (Fsp3) is 0.308. The van der Waals surface area contributed by atoms with Crippen molar-refractivity contribution >= 4 is 29.6 Å². The molecule has 1 saturated heterocycles. The zero-order valence-electron chi connectivity index (χ0n) is 20.9. The van der Waals surface area contributed by atoms with E-state index >= 15 is 0 Å². The van der Waals surface area contributed by atoms with Crippen molar-refractivity contribution in [2.24, 2.45) is 0 Å². The zero-order chi connectivity index (χ0) is 26.9. The number of piperazine rings is 1. The average molecular weight is 517 g/mol. The first kappa shape index (κ1) is 26.3. The molecular formula is C26H28N8O4. The lowest BCUT2D eigenvalue weighted by Gasteiger charge is -2.33. The van der Waals surface area contributed by atoms with E-state index in [4.69, 9.17) is 15.1 Å². The maximum absolute atomic E-state index is 12.4. The second-order valence-electron chi connectivity index (χ2n) is 8.74. The number of ether oxygens (including phenoxy) is 1. The minimum atomic E-state index is -0.880. The Kier molecular flexibility index (Phi) is 8.63. The van der Waals surface area contributed by atoms with E-state index in [-0.39, 0.29) is 5.95 Å². The molecule has 12 nitrogen and oxygen atoms in total. The minimum Gasteiger partial charge on any atom is -0.467 e. The maximum atomic E-state index is 12.4. The molecule has 4 rings (SSSR count). The number of carboxylic acid groups (broad SMARTS) is 1. The molecular weight excluding hydrogens is 488 g/mol. The summed E-state index contributed by atoms with van der Waals surface area (Å²) in [6.07, 6.45) is 0.781. The number of anilines is 3. The summed E-state index contributed by atoms with van der Waals surface area (Å²) in [4.78, 5) is 39.9. The van der Waals surface area contributed by atoms with Crippen LogP contribution in [0.25, 0.3) is 0 Å². The largest absolute Gasteiger partial charge is 0.467 e. The van der Waals surface area contributed by atoms with Gasteiger partial charge >= 0.3 is 12.1 Å². The molecule has 2 heterocycles. The Hall–Kier alpha value is -4.76. The summed E-state index contributed by atoms with van der Waals surface area (Å²) in [5.41, 5.74) is 3.24. The van der Waals surface area contributed by atoms with Crippen LogP contribution in [0.5, 0.6) is 0 Å². The summed E-state index contributed by atoms with van der Waals surface area (Å²) in [7, 11) is 1.31. The Balaban J connectivity index is 1.39. The summed E-state index contributed by atoms with van der Waals surface area (Å²) in [5.74, 6) is 0.0388. The lowest BCUT2D eigenvalue weighted by Crippen LogP contribution is -2.47. The molecule has 1 aliphatic heterocycles. The number of benzene rings is 2. The molecule has 1 amide bonds. The van der Waals surface area contributed by atoms with Crippen LogP contribution in [0, 0.1) is 11.3 Å². The Morgan fingerprint density at radius 3 is 2.50 bits per heavy atom. The molecule has 3 N–H and O–H groups in total. The number of hydrogen-bond acceptors (Lipinski definition) is 10. The van der Waals surface area contributed by atoms with Gasteiger partial charge in [-0.25, -0.2) is 19.6 Å². The van der Waals surface area contributed by atoms with E-state index in [0.717, 1.165) is 16.8 Å². The van der Waals surface area contributed by atoms with Gasteiger partial charge in [-0.3, -0.25) is 4.90 Å². The third-order valence-electron chi connectivity index (χ3n) is 6.12. The number of carbonyl (C=O) groups excluding carboxylic acids is 1. The lowest BCUT2D eigenvalue weighted by molar-refractivity contribution is -0.141. The highest BCUT2D eigenvalue weighted by molar-refractivity contribution is 5.79. The first-order chi connectivity index (χ1) is 18.4. The van der Waals surface area contributed by atoms with E-state index < -0.39 is 18.1 Å². The van der Waals surface area contributed by atoms with Gasteiger partial charge in [-0.2, -0.15) is 10.2 Å². The van der Waals surface area contributed by atoms with Crippen LogP contribution in [0.1, 0.15) is 16.7 Å². The van der Waals surface area contributed by atoms with E-state index in [2.05, 4.69) is 36.6 Å². The quantitative estimate of drug-likeness (QED) is 0.359. The highest BCUT2D eigenvalue weighted by Crippen LogP contribution is 2.18. The van der Waals surface area contributed by atoms with Crippen molar-refractivity contribution in [2.45, 2.75) is 19.0 Å². The molecule has 3 aromatic rings. The van der Waals surface area contributed by atoms with Crippen molar-refractivity contribution in [3.8, 4) is 6.07 Å². The third kappa shape index (κ3) is 7.14. The molecule has 0 saturated carbocycles. The van der Waals surface area contributed by atoms with Crippen LogP contribution in [-0.4, -0.2) is 81.3 Å². The second-order valence-corrected chi connectivity index (χ2v) is 8.74. The fourth-order valence-corrected chi connectivity index (χ4v) is 4.10. The molecule has 0 bridgehead atoms. The molecule has 1 atom stereocenters. The van der Waals surface area contributed by atoms with Gasteiger partial charge in [-0.1, -0.05) is 24.3 Å². The molecule has 38 heavy (non-hydrogen) atoms. The molecule has 196 valence electrons. The Labute approximate surface area is 219 Å². The smallest absolute Gasteiger partial charge is 0.407 e. The average Bonchev–Trinajstić information content (AvgIpc) is 2.93. The molecule has 1 aromatic heterocycles. The van der Waals surface area contributed by atoms with Crippen molar-refractivity contribution in [1.29, 1.82) is 5.26 Å². The van der Waals surface area contributed by atoms with Crippen LogP contribution in [0.4, 0.5) is 22.4 Å². The molecule has 2 aromatic carbocycles. The molecule has 12 heteroatoms. The normalized spacial score (nSPS) is 14.3. The zero-order valence-corrected chi connectivity index (χ0v) is 20.9. The molecule has 1 unspecified atom stereocenters. The van der Waals surface area contributed by atoms with Crippen LogP contribution >= 0.6 is 0 Å². The number of nitriles is 1. The van der Waals surface area contributed by atoms with Crippen molar-refractivity contribution in [1.82, 2.24) is 24.8 Å². The van der Waals surface area contributed by atoms with Gasteiger partial charge in [0.15, 0.2) is 0 Å². The van der Waals surface area contributed by atoms with E-state index in [9.17, 15) is 9.59 Å². The van der Waals surface area contributed by atoms with E-state index in [1.165, 1.54) is 18.3 Å². The Morgan fingerprint density at radius 1 is 1.08 bits per heavy atom. The highest BCUT2D eigenvalue weighted by Gasteiger charge is 2.22. The van der Waals surface area contributed by atoms with Gasteiger partial charge in [-0.05, 0) is 35.4 Å². The summed E-state index contributed by atoms with van der Waals surface area (Å²) in [6, 6.07) is 16.1. The van der Waals surface area contributed by atoms with Crippen LogP contribution in [0.2, 0.25) is 0 Å². The Morgan fingerprint density at radius 2 is 1.82 bits per heavy atom. The van der Waals surface area contributed by atoms with E-state index in [1.54, 1.807) is 24.3 Å². The number of rotatable bonds is 9. The second kappa shape index (κ2) is 12.5. The maximum Gasteiger partial charge on any atom is 0.407 e. The van der Waals surface area contributed by atoms with Crippen molar-refractivity contribution in [2.75, 3.05) is 43.9 Å². The van der Waals surface area contributed by atoms with Gasteiger partial charge < -0.3 is 25.4 Å². The van der Waals surface area contributed by atoms with Crippen LogP contribution < -0.4 is 10.6 Å².